The van der Waals surface area contributed by atoms with Crippen molar-refractivity contribution in [2.24, 2.45) is 0 Å². The van der Waals surface area contributed by atoms with Crippen LogP contribution in [0.2, 0.25) is 0 Å². The Kier molecular flexibility index (Phi) is 2.83. The van der Waals surface area contributed by atoms with E-state index in [1.165, 1.54) is 5.56 Å². The Labute approximate surface area is 89.0 Å². The van der Waals surface area contributed by atoms with Crippen molar-refractivity contribution < 1.29 is 9.53 Å². The maximum Gasteiger partial charge on any atom is 0.325 e. The highest BCUT2D eigenvalue weighted by molar-refractivity contribution is 5.73. The summed E-state index contributed by atoms with van der Waals surface area (Å²) in [6.07, 6.45) is 0. The fourth-order valence-electron chi connectivity index (χ4n) is 1.67. The van der Waals surface area contributed by atoms with Crippen LogP contribution in [0.1, 0.15) is 5.56 Å². The molecule has 15 heavy (non-hydrogen) atoms. The molecule has 0 unspecified atom stereocenters. The van der Waals surface area contributed by atoms with E-state index in [0.29, 0.717) is 18.8 Å². The normalized spacial score (nSPS) is 17.6. The van der Waals surface area contributed by atoms with Crippen molar-refractivity contribution in [1.29, 1.82) is 0 Å². The minimum atomic E-state index is -0.220. The number of nitrogens with zero attached hydrogens (tertiary/aromatic N) is 1. The molecule has 0 aromatic heterocycles. The summed E-state index contributed by atoms with van der Waals surface area (Å²) in [6, 6.07) is 10.1. The Hall–Kier alpha value is -1.61. The molecule has 78 valence electrons. The number of morpholine rings is 1. The summed E-state index contributed by atoms with van der Waals surface area (Å²) in [6.45, 7) is 5.40. The van der Waals surface area contributed by atoms with Crippen molar-refractivity contribution >= 4 is 5.97 Å². The molecule has 0 atom stereocenters. The topological polar surface area (TPSA) is 29.5 Å². The van der Waals surface area contributed by atoms with Gasteiger partial charge in [-0.2, -0.15) is 0 Å². The van der Waals surface area contributed by atoms with E-state index >= 15 is 0 Å². The molecule has 1 saturated heterocycles. The first-order chi connectivity index (χ1) is 7.24. The van der Waals surface area contributed by atoms with Crippen molar-refractivity contribution in [3.63, 3.8) is 0 Å². The molecule has 2 rings (SSSR count). The van der Waals surface area contributed by atoms with Crippen LogP contribution in [0.25, 0.3) is 0 Å². The van der Waals surface area contributed by atoms with Crippen LogP contribution in [0, 0.1) is 0 Å². The first kappa shape index (κ1) is 9.93. The average Bonchev–Trinajstić information content (AvgIpc) is 2.17. The van der Waals surface area contributed by atoms with Crippen LogP contribution in [0.5, 0.6) is 0 Å². The Morgan fingerprint density at radius 2 is 2.00 bits per heavy atom. The number of esters is 1. The van der Waals surface area contributed by atoms with Gasteiger partial charge in [-0.15, -0.1) is 0 Å². The maximum absolute atomic E-state index is 11.1. The number of cyclic esters (lactones) is 1. The predicted molar refractivity (Wildman–Crippen MR) is 57.0 cm³/mol. The van der Waals surface area contributed by atoms with Crippen molar-refractivity contribution in [3.05, 3.63) is 48.2 Å². The Morgan fingerprint density at radius 1 is 1.27 bits per heavy atom. The third-order valence-electron chi connectivity index (χ3n) is 2.26. The number of hydrogen-bond donors (Lipinski definition) is 0. The summed E-state index contributed by atoms with van der Waals surface area (Å²) in [5.74, 6) is 0.310. The summed E-state index contributed by atoms with van der Waals surface area (Å²) in [5.41, 5.74) is 1.19. The van der Waals surface area contributed by atoms with Crippen molar-refractivity contribution in [2.45, 2.75) is 6.54 Å². The van der Waals surface area contributed by atoms with Gasteiger partial charge in [0.25, 0.3) is 0 Å². The van der Waals surface area contributed by atoms with E-state index in [1.807, 2.05) is 35.2 Å². The summed E-state index contributed by atoms with van der Waals surface area (Å²) in [5, 5.41) is 0. The predicted octanol–water partition coefficient (Wildman–Crippen LogP) is 1.56. The molecule has 0 radical (unpaired) electrons. The second-order valence-corrected chi connectivity index (χ2v) is 3.64. The van der Waals surface area contributed by atoms with Crippen LogP contribution >= 0.6 is 0 Å². The zero-order valence-electron chi connectivity index (χ0n) is 8.48. The van der Waals surface area contributed by atoms with Crippen LogP contribution in [-0.2, 0) is 16.1 Å². The molecule has 1 aliphatic rings. The molecule has 3 nitrogen and oxygen atoms in total. The van der Waals surface area contributed by atoms with Gasteiger partial charge >= 0.3 is 5.97 Å². The molecule has 1 aromatic carbocycles. The van der Waals surface area contributed by atoms with Crippen LogP contribution in [0.3, 0.4) is 0 Å². The SMILES string of the molecule is C=C1CN(Cc2ccccc2)CC(=O)O1. The highest BCUT2D eigenvalue weighted by Gasteiger charge is 2.20. The summed E-state index contributed by atoms with van der Waals surface area (Å²) in [4.78, 5) is 13.2. The van der Waals surface area contributed by atoms with E-state index in [-0.39, 0.29) is 5.97 Å². The van der Waals surface area contributed by atoms with Gasteiger partial charge in [-0.3, -0.25) is 9.69 Å². The van der Waals surface area contributed by atoms with Crippen molar-refractivity contribution in [2.75, 3.05) is 13.1 Å². The van der Waals surface area contributed by atoms with Gasteiger partial charge in [0.05, 0.1) is 13.1 Å². The fourth-order valence-corrected chi connectivity index (χ4v) is 1.67. The molecule has 0 N–H and O–H groups in total. The van der Waals surface area contributed by atoms with Gasteiger partial charge in [0, 0.05) is 6.54 Å². The van der Waals surface area contributed by atoms with E-state index in [2.05, 4.69) is 6.58 Å². The molecule has 1 aromatic rings. The number of ether oxygens (including phenoxy) is 1. The fraction of sp³-hybridized carbons (Fsp3) is 0.250. The number of hydrogen-bond acceptors (Lipinski definition) is 3. The Balaban J connectivity index is 2.00. The molecule has 0 spiro atoms. The summed E-state index contributed by atoms with van der Waals surface area (Å²) >= 11 is 0. The molecular formula is C12H13NO2. The van der Waals surface area contributed by atoms with Gasteiger partial charge < -0.3 is 4.74 Å². The lowest BCUT2D eigenvalue weighted by atomic mass is 10.2. The summed E-state index contributed by atoms with van der Waals surface area (Å²) in [7, 11) is 0. The van der Waals surface area contributed by atoms with E-state index in [1.54, 1.807) is 0 Å². The standard InChI is InChI=1S/C12H13NO2/c1-10-7-13(9-12(14)15-10)8-11-5-3-2-4-6-11/h2-6H,1,7-9H2. The monoisotopic (exact) mass is 203 g/mol. The van der Waals surface area contributed by atoms with E-state index in [9.17, 15) is 4.79 Å². The maximum atomic E-state index is 11.1. The largest absolute Gasteiger partial charge is 0.429 e. The highest BCUT2D eigenvalue weighted by Crippen LogP contribution is 2.11. The third-order valence-corrected chi connectivity index (χ3v) is 2.26. The van der Waals surface area contributed by atoms with Gasteiger partial charge in [0.1, 0.15) is 5.76 Å². The first-order valence-electron chi connectivity index (χ1n) is 4.89. The second-order valence-electron chi connectivity index (χ2n) is 3.64. The lowest BCUT2D eigenvalue weighted by molar-refractivity contribution is -0.144. The lowest BCUT2D eigenvalue weighted by Crippen LogP contribution is -2.37. The zero-order chi connectivity index (χ0) is 10.7. The number of benzene rings is 1. The van der Waals surface area contributed by atoms with Gasteiger partial charge in [0.2, 0.25) is 0 Å². The minimum Gasteiger partial charge on any atom is -0.429 e. The summed E-state index contributed by atoms with van der Waals surface area (Å²) < 4.78 is 4.88. The lowest BCUT2D eigenvalue weighted by Gasteiger charge is -2.26. The van der Waals surface area contributed by atoms with Crippen LogP contribution < -0.4 is 0 Å². The first-order valence-corrected chi connectivity index (χ1v) is 4.89. The van der Waals surface area contributed by atoms with E-state index in [0.717, 1.165) is 6.54 Å². The van der Waals surface area contributed by atoms with Crippen LogP contribution in [-0.4, -0.2) is 24.0 Å². The quantitative estimate of drug-likeness (QED) is 0.683. The van der Waals surface area contributed by atoms with Gasteiger partial charge in [-0.25, -0.2) is 0 Å². The highest BCUT2D eigenvalue weighted by atomic mass is 16.5. The van der Waals surface area contributed by atoms with Gasteiger partial charge in [0.15, 0.2) is 0 Å². The molecule has 1 aliphatic heterocycles. The number of rotatable bonds is 2. The molecule has 0 aliphatic carbocycles. The van der Waals surface area contributed by atoms with E-state index < -0.39 is 0 Å². The number of carbonyl (C=O) groups is 1. The van der Waals surface area contributed by atoms with Crippen molar-refractivity contribution in [1.82, 2.24) is 4.90 Å². The molecule has 1 heterocycles. The number of carbonyl (C=O) groups excluding carboxylic acids is 1. The molecule has 0 bridgehead atoms. The molecule has 1 fully saturated rings. The van der Waals surface area contributed by atoms with Gasteiger partial charge in [-0.1, -0.05) is 36.9 Å². The second kappa shape index (κ2) is 4.28. The average molecular weight is 203 g/mol. The molecule has 3 heteroatoms. The molecular weight excluding hydrogens is 190 g/mol. The third kappa shape index (κ3) is 2.67. The smallest absolute Gasteiger partial charge is 0.325 e. The molecule has 0 saturated carbocycles. The van der Waals surface area contributed by atoms with Crippen LogP contribution in [0.4, 0.5) is 0 Å². The van der Waals surface area contributed by atoms with Gasteiger partial charge in [-0.05, 0) is 5.56 Å². The van der Waals surface area contributed by atoms with E-state index in [4.69, 9.17) is 4.74 Å². The van der Waals surface area contributed by atoms with Crippen LogP contribution in [0.15, 0.2) is 42.7 Å². The molecule has 0 amide bonds. The minimum absolute atomic E-state index is 0.220. The van der Waals surface area contributed by atoms with Crippen molar-refractivity contribution in [3.8, 4) is 0 Å². The Morgan fingerprint density at radius 3 is 2.67 bits per heavy atom. The zero-order valence-corrected chi connectivity index (χ0v) is 8.48. The Bertz CT molecular complexity index is 356.